The van der Waals surface area contributed by atoms with E-state index in [2.05, 4.69) is 29.5 Å². The molecular weight excluding hydrogens is 236 g/mol. The van der Waals surface area contributed by atoms with Crippen LogP contribution in [-0.2, 0) is 0 Å². The molecule has 0 spiro atoms. The summed E-state index contributed by atoms with van der Waals surface area (Å²) < 4.78 is 0. The van der Waals surface area contributed by atoms with E-state index >= 15 is 0 Å². The molecule has 1 fully saturated rings. The van der Waals surface area contributed by atoms with Gasteiger partial charge in [0.15, 0.2) is 0 Å². The molecule has 1 aliphatic carbocycles. The zero-order valence-corrected chi connectivity index (χ0v) is 11.3. The maximum absolute atomic E-state index is 12.1. The molecule has 0 radical (unpaired) electrons. The molecule has 3 unspecified atom stereocenters. The van der Waals surface area contributed by atoms with Crippen molar-refractivity contribution in [1.82, 2.24) is 10.3 Å². The molecule has 1 aliphatic rings. The minimum atomic E-state index is -0.0108. The number of hydrogen-bond donors (Lipinski definition) is 1. The van der Waals surface area contributed by atoms with E-state index in [1.54, 1.807) is 24.5 Å². The second-order valence-electron chi connectivity index (χ2n) is 5.23. The zero-order valence-electron chi connectivity index (χ0n) is 11.3. The molecule has 0 bridgehead atoms. The molecule has 1 aromatic heterocycles. The van der Waals surface area contributed by atoms with Crippen LogP contribution >= 0.6 is 0 Å². The summed E-state index contributed by atoms with van der Waals surface area (Å²) in [5.41, 5.74) is 3.55. The van der Waals surface area contributed by atoms with Crippen molar-refractivity contribution in [2.75, 3.05) is 0 Å². The van der Waals surface area contributed by atoms with Gasteiger partial charge in [-0.15, -0.1) is 5.73 Å². The third-order valence-corrected chi connectivity index (χ3v) is 3.87. The highest BCUT2D eigenvalue weighted by Crippen LogP contribution is 2.30. The van der Waals surface area contributed by atoms with Crippen LogP contribution in [0.4, 0.5) is 0 Å². The van der Waals surface area contributed by atoms with Crippen molar-refractivity contribution >= 4 is 5.91 Å². The normalized spacial score (nSPS) is 26.3. The molecule has 19 heavy (non-hydrogen) atoms. The Labute approximate surface area is 114 Å². The van der Waals surface area contributed by atoms with E-state index < -0.39 is 0 Å². The number of pyridine rings is 1. The van der Waals surface area contributed by atoms with Gasteiger partial charge in [0.05, 0.1) is 0 Å². The Morgan fingerprint density at radius 1 is 1.47 bits per heavy atom. The summed E-state index contributed by atoms with van der Waals surface area (Å²) in [7, 11) is 0. The van der Waals surface area contributed by atoms with Gasteiger partial charge in [-0.05, 0) is 49.3 Å². The maximum Gasteiger partial charge on any atom is 0.251 e. The van der Waals surface area contributed by atoms with Crippen molar-refractivity contribution in [3.8, 4) is 0 Å². The number of allylic oxidation sites excluding steroid dienone is 1. The van der Waals surface area contributed by atoms with Gasteiger partial charge in [0.25, 0.3) is 5.91 Å². The molecular formula is C16H20N2O. The largest absolute Gasteiger partial charge is 0.349 e. The lowest BCUT2D eigenvalue weighted by molar-refractivity contribution is 0.0914. The predicted molar refractivity (Wildman–Crippen MR) is 75.7 cm³/mol. The SMILES string of the molecule is C=C=CC1CC(NC(=O)c2ccncc2)CCC1C. The van der Waals surface area contributed by atoms with Crippen LogP contribution in [0.2, 0.25) is 0 Å². The number of amides is 1. The van der Waals surface area contributed by atoms with E-state index in [-0.39, 0.29) is 11.9 Å². The second kappa shape index (κ2) is 6.35. The van der Waals surface area contributed by atoms with Gasteiger partial charge in [0.1, 0.15) is 0 Å². The fourth-order valence-electron chi connectivity index (χ4n) is 2.64. The van der Waals surface area contributed by atoms with Crippen molar-refractivity contribution in [2.24, 2.45) is 11.8 Å². The lowest BCUT2D eigenvalue weighted by Gasteiger charge is -2.32. The number of aromatic nitrogens is 1. The van der Waals surface area contributed by atoms with Crippen molar-refractivity contribution in [2.45, 2.75) is 32.2 Å². The quantitative estimate of drug-likeness (QED) is 0.845. The third kappa shape index (κ3) is 3.55. The zero-order chi connectivity index (χ0) is 13.7. The Morgan fingerprint density at radius 2 is 2.21 bits per heavy atom. The van der Waals surface area contributed by atoms with Gasteiger partial charge < -0.3 is 5.32 Å². The minimum absolute atomic E-state index is 0.0108. The highest BCUT2D eigenvalue weighted by molar-refractivity contribution is 5.94. The van der Waals surface area contributed by atoms with E-state index in [0.717, 1.165) is 19.3 Å². The molecule has 3 heteroatoms. The lowest BCUT2D eigenvalue weighted by atomic mass is 9.78. The Bertz CT molecular complexity index is 477. The monoisotopic (exact) mass is 256 g/mol. The molecule has 0 saturated heterocycles. The summed E-state index contributed by atoms with van der Waals surface area (Å²) in [4.78, 5) is 16.0. The summed E-state index contributed by atoms with van der Waals surface area (Å²) in [5, 5.41) is 3.11. The van der Waals surface area contributed by atoms with Gasteiger partial charge in [0.2, 0.25) is 0 Å². The minimum Gasteiger partial charge on any atom is -0.349 e. The van der Waals surface area contributed by atoms with E-state index in [0.29, 0.717) is 17.4 Å². The van der Waals surface area contributed by atoms with Gasteiger partial charge in [-0.1, -0.05) is 13.5 Å². The molecule has 1 N–H and O–H groups in total. The summed E-state index contributed by atoms with van der Waals surface area (Å²) in [6.07, 6.45) is 8.46. The molecule has 0 aliphatic heterocycles. The van der Waals surface area contributed by atoms with Crippen LogP contribution < -0.4 is 5.32 Å². The first kappa shape index (κ1) is 13.6. The molecule has 1 heterocycles. The van der Waals surface area contributed by atoms with Gasteiger partial charge in [-0.2, -0.15) is 0 Å². The van der Waals surface area contributed by atoms with Crippen molar-refractivity contribution in [1.29, 1.82) is 0 Å². The average molecular weight is 256 g/mol. The Morgan fingerprint density at radius 3 is 2.89 bits per heavy atom. The molecule has 1 aromatic rings. The number of rotatable bonds is 3. The van der Waals surface area contributed by atoms with Crippen LogP contribution in [0, 0.1) is 11.8 Å². The van der Waals surface area contributed by atoms with Crippen LogP contribution in [0.15, 0.2) is 42.9 Å². The molecule has 3 atom stereocenters. The van der Waals surface area contributed by atoms with Gasteiger partial charge in [-0.3, -0.25) is 9.78 Å². The van der Waals surface area contributed by atoms with E-state index in [9.17, 15) is 4.79 Å². The van der Waals surface area contributed by atoms with Gasteiger partial charge in [0, 0.05) is 24.0 Å². The Balaban J connectivity index is 1.96. The smallest absolute Gasteiger partial charge is 0.251 e. The number of nitrogens with zero attached hydrogens (tertiary/aromatic N) is 1. The topological polar surface area (TPSA) is 42.0 Å². The Kier molecular flexibility index (Phi) is 4.53. The molecule has 0 aromatic carbocycles. The Hall–Kier alpha value is -1.86. The fourth-order valence-corrected chi connectivity index (χ4v) is 2.64. The first-order valence-electron chi connectivity index (χ1n) is 6.77. The van der Waals surface area contributed by atoms with Crippen LogP contribution in [0.5, 0.6) is 0 Å². The maximum atomic E-state index is 12.1. The highest BCUT2D eigenvalue weighted by atomic mass is 16.1. The number of carbonyl (C=O) groups excluding carboxylic acids is 1. The number of nitrogens with one attached hydrogen (secondary N) is 1. The first-order valence-corrected chi connectivity index (χ1v) is 6.77. The molecule has 1 saturated carbocycles. The third-order valence-electron chi connectivity index (χ3n) is 3.87. The molecule has 1 amide bonds. The van der Waals surface area contributed by atoms with Crippen molar-refractivity contribution < 1.29 is 4.79 Å². The summed E-state index contributed by atoms with van der Waals surface area (Å²) >= 11 is 0. The highest BCUT2D eigenvalue weighted by Gasteiger charge is 2.27. The average Bonchev–Trinajstić information content (AvgIpc) is 2.44. The fraction of sp³-hybridized carbons (Fsp3) is 0.438. The van der Waals surface area contributed by atoms with Crippen LogP contribution in [0.3, 0.4) is 0 Å². The molecule has 100 valence electrons. The van der Waals surface area contributed by atoms with Crippen LogP contribution in [0.1, 0.15) is 36.5 Å². The number of hydrogen-bond acceptors (Lipinski definition) is 2. The second-order valence-corrected chi connectivity index (χ2v) is 5.23. The van der Waals surface area contributed by atoms with Crippen molar-refractivity contribution in [3.05, 3.63) is 48.5 Å². The van der Waals surface area contributed by atoms with Gasteiger partial charge >= 0.3 is 0 Å². The summed E-state index contributed by atoms with van der Waals surface area (Å²) in [6, 6.07) is 3.72. The lowest BCUT2D eigenvalue weighted by Crippen LogP contribution is -2.40. The van der Waals surface area contributed by atoms with Crippen molar-refractivity contribution in [3.63, 3.8) is 0 Å². The van der Waals surface area contributed by atoms with E-state index in [4.69, 9.17) is 0 Å². The summed E-state index contributed by atoms with van der Waals surface area (Å²) in [6.45, 7) is 5.90. The van der Waals surface area contributed by atoms with E-state index in [1.165, 1.54) is 0 Å². The summed E-state index contributed by atoms with van der Waals surface area (Å²) in [5.74, 6) is 1.10. The molecule has 3 nitrogen and oxygen atoms in total. The standard InChI is InChI=1S/C16H20N2O/c1-3-4-14-11-15(6-5-12(14)2)18-16(19)13-7-9-17-10-8-13/h4,7-10,12,14-15H,1,5-6,11H2,2H3,(H,18,19). The van der Waals surface area contributed by atoms with Crippen LogP contribution in [-0.4, -0.2) is 16.9 Å². The predicted octanol–water partition coefficient (Wildman–Crippen LogP) is 2.96. The number of carbonyl (C=O) groups is 1. The molecule has 2 rings (SSSR count). The van der Waals surface area contributed by atoms with Crippen LogP contribution in [0.25, 0.3) is 0 Å². The first-order chi connectivity index (χ1) is 9.20. The van der Waals surface area contributed by atoms with E-state index in [1.807, 2.05) is 6.08 Å². The van der Waals surface area contributed by atoms with Gasteiger partial charge in [-0.25, -0.2) is 0 Å².